The summed E-state index contributed by atoms with van der Waals surface area (Å²) in [5, 5.41) is 8.29. The predicted octanol–water partition coefficient (Wildman–Crippen LogP) is -1.22. The maximum Gasteiger partial charge on any atom is 0.332 e. The first kappa shape index (κ1) is 5.87. The van der Waals surface area contributed by atoms with Crippen LogP contribution >= 0.6 is 0 Å². The van der Waals surface area contributed by atoms with Crippen molar-refractivity contribution < 1.29 is 14.6 Å². The van der Waals surface area contributed by atoms with Crippen molar-refractivity contribution in [1.82, 2.24) is 0 Å². The zero-order valence-corrected chi connectivity index (χ0v) is 4.57. The summed E-state index contributed by atoms with van der Waals surface area (Å²) < 4.78 is 4.57. The molecule has 3 N–H and O–H groups in total. The Morgan fingerprint density at radius 3 is 2.89 bits per heavy atom. The van der Waals surface area contributed by atoms with Gasteiger partial charge in [0.2, 0.25) is 0 Å². The van der Waals surface area contributed by atoms with Crippen molar-refractivity contribution in [2.24, 2.45) is 10.7 Å². The number of hydrogen-bond acceptors (Lipinski definition) is 4. The standard InChI is InChI=1S/C4H6N2O3/c5-4-6-2(1-9-4)3(7)8/h2H,1H2,(H2,5,6)(H,7,8). The zero-order chi connectivity index (χ0) is 6.85. The number of rotatable bonds is 1. The van der Waals surface area contributed by atoms with Gasteiger partial charge < -0.3 is 15.6 Å². The molecule has 0 spiro atoms. The maximum atomic E-state index is 10.1. The largest absolute Gasteiger partial charge is 0.480 e. The van der Waals surface area contributed by atoms with Gasteiger partial charge >= 0.3 is 5.97 Å². The molecule has 0 saturated heterocycles. The summed E-state index contributed by atoms with van der Waals surface area (Å²) >= 11 is 0. The number of carboxylic acids is 1. The molecule has 0 aromatic rings. The van der Waals surface area contributed by atoms with Gasteiger partial charge in [0, 0.05) is 0 Å². The van der Waals surface area contributed by atoms with E-state index in [1.54, 1.807) is 0 Å². The summed E-state index contributed by atoms with van der Waals surface area (Å²) in [5.74, 6) is -1.00. The van der Waals surface area contributed by atoms with Crippen molar-refractivity contribution in [3.63, 3.8) is 0 Å². The fourth-order valence-corrected chi connectivity index (χ4v) is 0.519. The van der Waals surface area contributed by atoms with Crippen LogP contribution in [0.25, 0.3) is 0 Å². The van der Waals surface area contributed by atoms with Gasteiger partial charge in [-0.25, -0.2) is 9.79 Å². The lowest BCUT2D eigenvalue weighted by Gasteiger charge is -1.93. The van der Waals surface area contributed by atoms with Crippen molar-refractivity contribution in [2.45, 2.75) is 6.04 Å². The Bertz CT molecular complexity index is 165. The summed E-state index contributed by atoms with van der Waals surface area (Å²) in [6, 6.07) is -0.840. The van der Waals surface area contributed by atoms with Crippen LogP contribution in [0.1, 0.15) is 0 Å². The predicted molar refractivity (Wildman–Crippen MR) is 29.0 cm³/mol. The van der Waals surface area contributed by atoms with Crippen LogP contribution in [0.2, 0.25) is 0 Å². The van der Waals surface area contributed by atoms with Gasteiger partial charge in [-0.1, -0.05) is 0 Å². The number of ether oxygens (including phenoxy) is 1. The molecule has 5 nitrogen and oxygen atoms in total. The van der Waals surface area contributed by atoms with E-state index in [1.807, 2.05) is 0 Å². The van der Waals surface area contributed by atoms with Gasteiger partial charge in [-0.05, 0) is 0 Å². The smallest absolute Gasteiger partial charge is 0.332 e. The molecule has 0 aromatic heterocycles. The SMILES string of the molecule is NC1=NC(C(=O)O)CO1. The molecule has 1 unspecified atom stereocenters. The van der Waals surface area contributed by atoms with Crippen molar-refractivity contribution in [2.75, 3.05) is 6.61 Å². The molecule has 0 aromatic carbocycles. The Morgan fingerprint density at radius 2 is 2.67 bits per heavy atom. The highest BCUT2D eigenvalue weighted by Gasteiger charge is 2.23. The second kappa shape index (κ2) is 1.93. The Labute approximate surface area is 51.1 Å². The molecule has 50 valence electrons. The van der Waals surface area contributed by atoms with Crippen LogP contribution in [-0.2, 0) is 9.53 Å². The van der Waals surface area contributed by atoms with Crippen LogP contribution < -0.4 is 5.73 Å². The number of aliphatic imine (C=N–C) groups is 1. The summed E-state index contributed by atoms with van der Waals surface area (Å²) in [7, 11) is 0. The van der Waals surface area contributed by atoms with Crippen LogP contribution in [0.15, 0.2) is 4.99 Å². The normalized spacial score (nSPS) is 24.9. The third-order valence-corrected chi connectivity index (χ3v) is 0.957. The molecule has 9 heavy (non-hydrogen) atoms. The Morgan fingerprint density at radius 1 is 2.00 bits per heavy atom. The molecule has 0 fully saturated rings. The summed E-state index contributed by atoms with van der Waals surface area (Å²) in [5.41, 5.74) is 5.03. The fraction of sp³-hybridized carbons (Fsp3) is 0.500. The molecule has 1 heterocycles. The highest BCUT2D eigenvalue weighted by molar-refractivity contribution is 5.82. The molecule has 5 heteroatoms. The van der Waals surface area contributed by atoms with E-state index in [0.29, 0.717) is 0 Å². The number of carboxylic acid groups (broad SMARTS) is 1. The zero-order valence-electron chi connectivity index (χ0n) is 4.57. The number of amidine groups is 1. The molecule has 1 aliphatic rings. The minimum absolute atomic E-state index is 0.0394. The van der Waals surface area contributed by atoms with Crippen LogP contribution in [0.3, 0.4) is 0 Å². The van der Waals surface area contributed by atoms with Gasteiger partial charge in [0.25, 0.3) is 6.02 Å². The van der Waals surface area contributed by atoms with E-state index < -0.39 is 12.0 Å². The first-order valence-corrected chi connectivity index (χ1v) is 2.39. The number of nitrogens with two attached hydrogens (primary N) is 1. The van der Waals surface area contributed by atoms with Crippen molar-refractivity contribution in [1.29, 1.82) is 0 Å². The molecular formula is C4H6N2O3. The van der Waals surface area contributed by atoms with Gasteiger partial charge in [-0.15, -0.1) is 0 Å². The lowest BCUT2D eigenvalue weighted by molar-refractivity contribution is -0.138. The first-order valence-electron chi connectivity index (χ1n) is 2.39. The fourth-order valence-electron chi connectivity index (χ4n) is 0.519. The van der Waals surface area contributed by atoms with E-state index in [-0.39, 0.29) is 12.6 Å². The van der Waals surface area contributed by atoms with E-state index in [1.165, 1.54) is 0 Å². The second-order valence-electron chi connectivity index (χ2n) is 1.63. The van der Waals surface area contributed by atoms with Gasteiger partial charge in [0.15, 0.2) is 6.04 Å². The topological polar surface area (TPSA) is 84.9 Å². The van der Waals surface area contributed by atoms with Crippen molar-refractivity contribution in [3.05, 3.63) is 0 Å². The summed E-state index contributed by atoms with van der Waals surface area (Å²) in [6.45, 7) is 0.0567. The van der Waals surface area contributed by atoms with E-state index in [4.69, 9.17) is 10.8 Å². The third-order valence-electron chi connectivity index (χ3n) is 0.957. The van der Waals surface area contributed by atoms with Crippen LogP contribution in [0.5, 0.6) is 0 Å². The molecule has 1 aliphatic heterocycles. The summed E-state index contributed by atoms with van der Waals surface area (Å²) in [6.07, 6.45) is 0. The minimum Gasteiger partial charge on any atom is -0.480 e. The van der Waals surface area contributed by atoms with Crippen molar-refractivity contribution >= 4 is 12.0 Å². The van der Waals surface area contributed by atoms with Gasteiger partial charge in [0.1, 0.15) is 6.61 Å². The molecule has 1 rings (SSSR count). The van der Waals surface area contributed by atoms with E-state index in [0.717, 1.165) is 0 Å². The van der Waals surface area contributed by atoms with Crippen LogP contribution in [-0.4, -0.2) is 29.7 Å². The molecule has 0 saturated carbocycles. The van der Waals surface area contributed by atoms with E-state index in [2.05, 4.69) is 9.73 Å². The summed E-state index contributed by atoms with van der Waals surface area (Å²) in [4.78, 5) is 13.6. The quantitative estimate of drug-likeness (QED) is 0.466. The lowest BCUT2D eigenvalue weighted by atomic mass is 10.3. The van der Waals surface area contributed by atoms with Gasteiger partial charge in [0.05, 0.1) is 0 Å². The molecule has 0 radical (unpaired) electrons. The number of nitrogens with zero attached hydrogens (tertiary/aromatic N) is 1. The molecule has 0 amide bonds. The molecule has 1 atom stereocenters. The van der Waals surface area contributed by atoms with Gasteiger partial charge in [-0.3, -0.25) is 0 Å². The number of hydrogen-bond donors (Lipinski definition) is 2. The van der Waals surface area contributed by atoms with Gasteiger partial charge in [-0.2, -0.15) is 0 Å². The molecule has 0 bridgehead atoms. The lowest BCUT2D eigenvalue weighted by Crippen LogP contribution is -2.18. The number of carbonyl (C=O) groups is 1. The van der Waals surface area contributed by atoms with Crippen LogP contribution in [0.4, 0.5) is 0 Å². The molecule has 0 aliphatic carbocycles. The average molecular weight is 130 g/mol. The van der Waals surface area contributed by atoms with Crippen LogP contribution in [0, 0.1) is 0 Å². The Balaban J connectivity index is 2.57. The highest BCUT2D eigenvalue weighted by Crippen LogP contribution is 2.00. The Hall–Kier alpha value is -1.26. The monoisotopic (exact) mass is 130 g/mol. The van der Waals surface area contributed by atoms with E-state index >= 15 is 0 Å². The maximum absolute atomic E-state index is 10.1. The molecular weight excluding hydrogens is 124 g/mol. The average Bonchev–Trinajstić information content (AvgIpc) is 2.14. The highest BCUT2D eigenvalue weighted by atomic mass is 16.5. The second-order valence-corrected chi connectivity index (χ2v) is 1.63. The Kier molecular flexibility index (Phi) is 1.26. The van der Waals surface area contributed by atoms with Crippen molar-refractivity contribution in [3.8, 4) is 0 Å². The number of aliphatic carboxylic acids is 1. The van der Waals surface area contributed by atoms with E-state index in [9.17, 15) is 4.79 Å². The third kappa shape index (κ3) is 1.10. The first-order chi connectivity index (χ1) is 4.20. The minimum atomic E-state index is -1.00.